The Morgan fingerprint density at radius 1 is 1.41 bits per heavy atom. The molecule has 2 aromatic heterocycles. The summed E-state index contributed by atoms with van der Waals surface area (Å²) in [6.45, 7) is 1.75. The third-order valence-electron chi connectivity index (χ3n) is 2.21. The Balaban J connectivity index is 2.35. The van der Waals surface area contributed by atoms with Gasteiger partial charge in [0.05, 0.1) is 5.69 Å². The smallest absolute Gasteiger partial charge is 0.356 e. The molecular weight excluding hydrogens is 220 g/mol. The molecule has 2 heterocycles. The van der Waals surface area contributed by atoms with E-state index in [-0.39, 0.29) is 5.69 Å². The van der Waals surface area contributed by atoms with E-state index in [1.54, 1.807) is 43.0 Å². The highest BCUT2D eigenvalue weighted by atomic mass is 16.4. The molecule has 0 fully saturated rings. The molecule has 0 saturated heterocycles. The predicted octanol–water partition coefficient (Wildman–Crippen LogP) is 1.57. The van der Waals surface area contributed by atoms with E-state index in [1.807, 2.05) is 0 Å². The van der Waals surface area contributed by atoms with Gasteiger partial charge in [0.1, 0.15) is 0 Å². The van der Waals surface area contributed by atoms with Gasteiger partial charge in [-0.3, -0.25) is 4.68 Å². The molecule has 2 N–H and O–H groups in total. The van der Waals surface area contributed by atoms with Gasteiger partial charge in [0, 0.05) is 25.0 Å². The molecule has 0 bridgehead atoms. The fraction of sp³-hybridized carbons (Fsp3) is 0.182. The van der Waals surface area contributed by atoms with E-state index >= 15 is 0 Å². The minimum atomic E-state index is -1.06. The zero-order valence-electron chi connectivity index (χ0n) is 9.51. The first-order chi connectivity index (χ1) is 8.06. The van der Waals surface area contributed by atoms with Gasteiger partial charge in [-0.05, 0) is 19.1 Å². The molecule has 0 aliphatic heterocycles. The summed E-state index contributed by atoms with van der Waals surface area (Å²) in [6, 6.07) is 5.18. The second kappa shape index (κ2) is 4.25. The Kier molecular flexibility index (Phi) is 2.78. The summed E-state index contributed by atoms with van der Waals surface area (Å²) in [6.07, 6.45) is 1.77. The van der Waals surface area contributed by atoms with Crippen molar-refractivity contribution in [1.29, 1.82) is 0 Å². The van der Waals surface area contributed by atoms with E-state index in [1.165, 1.54) is 0 Å². The van der Waals surface area contributed by atoms with Gasteiger partial charge in [-0.15, -0.1) is 0 Å². The van der Waals surface area contributed by atoms with Gasteiger partial charge < -0.3 is 10.4 Å². The van der Waals surface area contributed by atoms with Crippen molar-refractivity contribution in [3.05, 3.63) is 35.8 Å². The number of pyridine rings is 1. The van der Waals surface area contributed by atoms with E-state index in [0.29, 0.717) is 17.2 Å². The number of carboxylic acids is 1. The Morgan fingerprint density at radius 2 is 2.18 bits per heavy atom. The second-order valence-corrected chi connectivity index (χ2v) is 3.65. The molecule has 0 aliphatic carbocycles. The van der Waals surface area contributed by atoms with Crippen molar-refractivity contribution < 1.29 is 9.90 Å². The van der Waals surface area contributed by atoms with Crippen LogP contribution in [0.3, 0.4) is 0 Å². The second-order valence-electron chi connectivity index (χ2n) is 3.65. The topological polar surface area (TPSA) is 80.0 Å². The summed E-state index contributed by atoms with van der Waals surface area (Å²) in [7, 11) is 1.79. The van der Waals surface area contributed by atoms with Gasteiger partial charge in [0.2, 0.25) is 0 Å². The third-order valence-corrected chi connectivity index (χ3v) is 2.21. The lowest BCUT2D eigenvalue weighted by atomic mass is 10.2. The molecule has 0 amide bonds. The van der Waals surface area contributed by atoms with Crippen LogP contribution < -0.4 is 5.32 Å². The molecule has 88 valence electrons. The van der Waals surface area contributed by atoms with Gasteiger partial charge in [-0.2, -0.15) is 5.10 Å². The lowest BCUT2D eigenvalue weighted by Crippen LogP contribution is -2.07. The molecule has 0 atom stereocenters. The van der Waals surface area contributed by atoms with Gasteiger partial charge in [-0.25, -0.2) is 9.78 Å². The highest BCUT2D eigenvalue weighted by Gasteiger charge is 2.12. The summed E-state index contributed by atoms with van der Waals surface area (Å²) in [5.41, 5.74) is 1.09. The first-order valence-corrected chi connectivity index (χ1v) is 5.04. The monoisotopic (exact) mass is 232 g/mol. The van der Waals surface area contributed by atoms with Crippen LogP contribution in [0.4, 0.5) is 11.5 Å². The minimum Gasteiger partial charge on any atom is -0.476 e. The Bertz CT molecular complexity index is 562. The van der Waals surface area contributed by atoms with Crippen LogP contribution in [-0.4, -0.2) is 25.8 Å². The third kappa shape index (κ3) is 2.41. The number of carbonyl (C=O) groups is 1. The van der Waals surface area contributed by atoms with E-state index < -0.39 is 5.97 Å². The molecule has 2 aromatic rings. The first-order valence-electron chi connectivity index (χ1n) is 5.04. The summed E-state index contributed by atoms with van der Waals surface area (Å²) in [4.78, 5) is 15.0. The van der Waals surface area contributed by atoms with Crippen LogP contribution in [-0.2, 0) is 7.05 Å². The van der Waals surface area contributed by atoms with Crippen molar-refractivity contribution in [3.8, 4) is 0 Å². The number of carboxylic acid groups (broad SMARTS) is 1. The van der Waals surface area contributed by atoms with Gasteiger partial charge in [0.25, 0.3) is 0 Å². The van der Waals surface area contributed by atoms with Crippen LogP contribution in [0.25, 0.3) is 0 Å². The van der Waals surface area contributed by atoms with Crippen LogP contribution in [0.2, 0.25) is 0 Å². The zero-order chi connectivity index (χ0) is 12.4. The van der Waals surface area contributed by atoms with Crippen molar-refractivity contribution in [2.45, 2.75) is 6.92 Å². The molecule has 0 aliphatic rings. The highest BCUT2D eigenvalue weighted by molar-refractivity contribution is 5.92. The Labute approximate surface area is 97.9 Å². The van der Waals surface area contributed by atoms with E-state index in [2.05, 4.69) is 15.4 Å². The summed E-state index contributed by atoms with van der Waals surface area (Å²) in [5.74, 6) is -0.479. The molecule has 6 nitrogen and oxygen atoms in total. The van der Waals surface area contributed by atoms with Gasteiger partial charge >= 0.3 is 5.97 Å². The molecule has 0 spiro atoms. The summed E-state index contributed by atoms with van der Waals surface area (Å²) >= 11 is 0. The van der Waals surface area contributed by atoms with Crippen molar-refractivity contribution in [1.82, 2.24) is 14.8 Å². The van der Waals surface area contributed by atoms with E-state index in [9.17, 15) is 4.79 Å². The van der Waals surface area contributed by atoms with Gasteiger partial charge in [-0.1, -0.05) is 0 Å². The van der Waals surface area contributed by atoms with E-state index in [4.69, 9.17) is 5.11 Å². The molecule has 0 aromatic carbocycles. The average molecular weight is 232 g/mol. The van der Waals surface area contributed by atoms with Crippen molar-refractivity contribution >= 4 is 17.5 Å². The largest absolute Gasteiger partial charge is 0.476 e. The molecule has 17 heavy (non-hydrogen) atoms. The average Bonchev–Trinajstić information content (AvgIpc) is 2.66. The number of aryl methyl sites for hydroxylation is 2. The van der Waals surface area contributed by atoms with Crippen LogP contribution in [0.5, 0.6) is 0 Å². The van der Waals surface area contributed by atoms with Crippen LogP contribution >= 0.6 is 0 Å². The van der Waals surface area contributed by atoms with Crippen LogP contribution in [0, 0.1) is 6.92 Å². The van der Waals surface area contributed by atoms with Crippen molar-refractivity contribution in [2.75, 3.05) is 5.32 Å². The number of rotatable bonds is 3. The maximum atomic E-state index is 11.0. The number of anilines is 2. The number of aromatic nitrogens is 3. The number of nitrogens with zero attached hydrogens (tertiary/aromatic N) is 3. The standard InChI is InChI=1S/C11H12N4O2/c1-7-3-4-8(10(12-7)11(16)17)13-9-5-6-15(2)14-9/h3-6H,1-2H3,(H,13,14)(H,16,17). The lowest BCUT2D eigenvalue weighted by Gasteiger charge is -2.06. The Hall–Kier alpha value is -2.37. The molecule has 0 unspecified atom stereocenters. The SMILES string of the molecule is Cc1ccc(Nc2ccn(C)n2)c(C(=O)O)n1. The quantitative estimate of drug-likeness (QED) is 0.839. The first kappa shape index (κ1) is 11.1. The molecule has 0 saturated carbocycles. The highest BCUT2D eigenvalue weighted by Crippen LogP contribution is 2.18. The summed E-state index contributed by atoms with van der Waals surface area (Å²) in [5, 5.41) is 16.1. The van der Waals surface area contributed by atoms with E-state index in [0.717, 1.165) is 0 Å². The van der Waals surface area contributed by atoms with Gasteiger partial charge in [0.15, 0.2) is 11.5 Å². The molecule has 2 rings (SSSR count). The maximum absolute atomic E-state index is 11.0. The van der Waals surface area contributed by atoms with Crippen molar-refractivity contribution in [2.24, 2.45) is 7.05 Å². The predicted molar refractivity (Wildman–Crippen MR) is 62.4 cm³/mol. The van der Waals surface area contributed by atoms with Crippen LogP contribution in [0.1, 0.15) is 16.2 Å². The Morgan fingerprint density at radius 3 is 2.76 bits per heavy atom. The number of aromatic carboxylic acids is 1. The number of nitrogens with one attached hydrogen (secondary N) is 1. The number of hydrogen-bond acceptors (Lipinski definition) is 4. The fourth-order valence-corrected chi connectivity index (χ4v) is 1.44. The molecule has 0 radical (unpaired) electrons. The summed E-state index contributed by atoms with van der Waals surface area (Å²) < 4.78 is 1.63. The normalized spacial score (nSPS) is 10.2. The fourth-order valence-electron chi connectivity index (χ4n) is 1.44. The number of hydrogen-bond donors (Lipinski definition) is 2. The minimum absolute atomic E-state index is 0.00402. The van der Waals surface area contributed by atoms with Crippen LogP contribution in [0.15, 0.2) is 24.4 Å². The van der Waals surface area contributed by atoms with Crippen molar-refractivity contribution in [3.63, 3.8) is 0 Å². The zero-order valence-corrected chi connectivity index (χ0v) is 9.51. The molecular formula is C11H12N4O2. The maximum Gasteiger partial charge on any atom is 0.356 e. The molecule has 6 heteroatoms. The lowest BCUT2D eigenvalue weighted by molar-refractivity contribution is 0.0691.